The van der Waals surface area contributed by atoms with E-state index in [1.165, 1.54) is 0 Å². The van der Waals surface area contributed by atoms with Crippen molar-refractivity contribution in [3.8, 4) is 0 Å². The van der Waals surface area contributed by atoms with E-state index in [2.05, 4.69) is 55.5 Å². The fourth-order valence-electron chi connectivity index (χ4n) is 0.971. The van der Waals surface area contributed by atoms with Crippen LogP contribution in [0.25, 0.3) is 0 Å². The van der Waals surface area contributed by atoms with E-state index in [0.717, 1.165) is 25.7 Å². The van der Waals surface area contributed by atoms with Crippen LogP contribution in [-0.4, -0.2) is 0 Å². The number of hydrogen-bond donors (Lipinski definition) is 0. The first-order chi connectivity index (χ1) is 6.91. The zero-order chi connectivity index (χ0) is 10.5. The van der Waals surface area contributed by atoms with Crippen LogP contribution in [0, 0.1) is 6.92 Å². The number of allylic oxidation sites excluding steroid dienone is 8. The highest BCUT2D eigenvalue weighted by atomic mass is 13.8. The summed E-state index contributed by atoms with van der Waals surface area (Å²) >= 11 is 0. The summed E-state index contributed by atoms with van der Waals surface area (Å²) in [6.45, 7) is 5.77. The molecule has 0 saturated carbocycles. The van der Waals surface area contributed by atoms with Gasteiger partial charge in [0.1, 0.15) is 0 Å². The summed E-state index contributed by atoms with van der Waals surface area (Å²) in [6.07, 6.45) is 21.2. The molecule has 0 aromatic rings. The van der Waals surface area contributed by atoms with Gasteiger partial charge in [0.05, 0.1) is 0 Å². The van der Waals surface area contributed by atoms with Crippen LogP contribution in [0.2, 0.25) is 0 Å². The molecule has 0 spiro atoms. The molecule has 0 aliphatic heterocycles. The monoisotopic (exact) mass is 189 g/mol. The van der Waals surface area contributed by atoms with Crippen molar-refractivity contribution in [2.24, 2.45) is 0 Å². The third-order valence-corrected chi connectivity index (χ3v) is 1.72. The minimum absolute atomic E-state index is 0.869. The summed E-state index contributed by atoms with van der Waals surface area (Å²) in [5, 5.41) is 0. The van der Waals surface area contributed by atoms with Gasteiger partial charge >= 0.3 is 0 Å². The Morgan fingerprint density at radius 3 is 2.29 bits per heavy atom. The molecule has 0 N–H and O–H groups in total. The molecule has 0 amide bonds. The Bertz CT molecular complexity index is 204. The van der Waals surface area contributed by atoms with E-state index in [1.807, 2.05) is 6.92 Å². The van der Waals surface area contributed by atoms with Crippen molar-refractivity contribution in [1.29, 1.82) is 0 Å². The standard InChI is InChI=1S/C14H21/c1-3-5-7-9-11-13-14-12-10-8-6-4-2/h4-7,9-12H,1,3,8,13-14H2,2H3/b6-4+,7-5+,11-9+,12-10+. The Kier molecular flexibility index (Phi) is 11.1. The first-order valence-electron chi connectivity index (χ1n) is 5.29. The van der Waals surface area contributed by atoms with Crippen molar-refractivity contribution < 1.29 is 0 Å². The molecule has 77 valence electrons. The van der Waals surface area contributed by atoms with Crippen molar-refractivity contribution >= 4 is 0 Å². The van der Waals surface area contributed by atoms with Gasteiger partial charge in [-0.05, 0) is 39.5 Å². The molecule has 0 heterocycles. The fraction of sp³-hybridized carbons (Fsp3) is 0.357. The predicted molar refractivity (Wildman–Crippen MR) is 66.1 cm³/mol. The largest absolute Gasteiger partial charge is 0.0914 e. The molecule has 0 aromatic carbocycles. The van der Waals surface area contributed by atoms with Crippen LogP contribution in [0.1, 0.15) is 32.6 Å². The molecule has 0 heteroatoms. The quantitative estimate of drug-likeness (QED) is 0.311. The lowest BCUT2D eigenvalue weighted by atomic mass is 10.2. The van der Waals surface area contributed by atoms with Crippen LogP contribution >= 0.6 is 0 Å². The molecule has 0 saturated heterocycles. The highest BCUT2D eigenvalue weighted by Crippen LogP contribution is 1.95. The van der Waals surface area contributed by atoms with Gasteiger partial charge in [0.15, 0.2) is 0 Å². The van der Waals surface area contributed by atoms with Crippen molar-refractivity contribution in [1.82, 2.24) is 0 Å². The lowest BCUT2D eigenvalue weighted by molar-refractivity contribution is 1.04. The van der Waals surface area contributed by atoms with E-state index < -0.39 is 0 Å². The molecule has 14 heavy (non-hydrogen) atoms. The average Bonchev–Trinajstić information content (AvgIpc) is 2.21. The Labute approximate surface area is 88.7 Å². The lowest BCUT2D eigenvalue weighted by Gasteiger charge is -1.85. The SMILES string of the molecule is [CH2]C/C=C/C=C/CC/C=C/C/C=C/C. The van der Waals surface area contributed by atoms with Gasteiger partial charge in [0, 0.05) is 0 Å². The van der Waals surface area contributed by atoms with Gasteiger partial charge in [-0.3, -0.25) is 0 Å². The lowest BCUT2D eigenvalue weighted by Crippen LogP contribution is -1.64. The van der Waals surface area contributed by atoms with E-state index in [0.29, 0.717) is 0 Å². The maximum atomic E-state index is 3.72. The first kappa shape index (κ1) is 13.0. The molecule has 0 aliphatic carbocycles. The third kappa shape index (κ3) is 11.0. The number of hydrogen-bond acceptors (Lipinski definition) is 0. The topological polar surface area (TPSA) is 0 Å². The maximum Gasteiger partial charge on any atom is -0.0169 e. The molecule has 0 aromatic heterocycles. The summed E-state index contributed by atoms with van der Waals surface area (Å²) in [6, 6.07) is 0. The van der Waals surface area contributed by atoms with E-state index in [4.69, 9.17) is 0 Å². The summed E-state index contributed by atoms with van der Waals surface area (Å²) in [7, 11) is 0. The Balaban J connectivity index is 3.32. The molecular formula is C14H21. The molecule has 0 bridgehead atoms. The highest BCUT2D eigenvalue weighted by Gasteiger charge is 1.75. The van der Waals surface area contributed by atoms with Crippen LogP contribution in [0.15, 0.2) is 48.6 Å². The molecule has 0 atom stereocenters. The summed E-state index contributed by atoms with van der Waals surface area (Å²) in [5.41, 5.74) is 0. The molecular weight excluding hydrogens is 168 g/mol. The molecule has 0 unspecified atom stereocenters. The van der Waals surface area contributed by atoms with Crippen LogP contribution in [0.5, 0.6) is 0 Å². The van der Waals surface area contributed by atoms with Gasteiger partial charge in [-0.1, -0.05) is 48.6 Å². The van der Waals surface area contributed by atoms with Gasteiger partial charge in [-0.25, -0.2) is 0 Å². The summed E-state index contributed by atoms with van der Waals surface area (Å²) in [4.78, 5) is 0. The number of unbranched alkanes of at least 4 members (excludes halogenated alkanes) is 1. The predicted octanol–water partition coefficient (Wildman–Crippen LogP) is 4.63. The summed E-state index contributed by atoms with van der Waals surface area (Å²) < 4.78 is 0. The van der Waals surface area contributed by atoms with Crippen molar-refractivity contribution in [3.05, 3.63) is 55.5 Å². The van der Waals surface area contributed by atoms with Gasteiger partial charge in [-0.2, -0.15) is 0 Å². The second-order valence-corrected chi connectivity index (χ2v) is 3.00. The van der Waals surface area contributed by atoms with Crippen molar-refractivity contribution in [2.75, 3.05) is 0 Å². The van der Waals surface area contributed by atoms with Crippen LogP contribution in [0.4, 0.5) is 0 Å². The van der Waals surface area contributed by atoms with Gasteiger partial charge in [0.2, 0.25) is 0 Å². The van der Waals surface area contributed by atoms with E-state index in [1.54, 1.807) is 0 Å². The molecule has 0 nitrogen and oxygen atoms in total. The second-order valence-electron chi connectivity index (χ2n) is 3.00. The van der Waals surface area contributed by atoms with E-state index in [9.17, 15) is 0 Å². The van der Waals surface area contributed by atoms with Crippen LogP contribution in [-0.2, 0) is 0 Å². The van der Waals surface area contributed by atoms with Gasteiger partial charge in [-0.15, -0.1) is 0 Å². The van der Waals surface area contributed by atoms with Gasteiger partial charge < -0.3 is 0 Å². The zero-order valence-corrected chi connectivity index (χ0v) is 9.15. The van der Waals surface area contributed by atoms with E-state index >= 15 is 0 Å². The molecule has 0 rings (SSSR count). The Morgan fingerprint density at radius 1 is 0.857 bits per heavy atom. The molecule has 1 radical (unpaired) electrons. The average molecular weight is 189 g/mol. The third-order valence-electron chi connectivity index (χ3n) is 1.72. The van der Waals surface area contributed by atoms with Crippen molar-refractivity contribution in [2.45, 2.75) is 32.6 Å². The smallest absolute Gasteiger partial charge is 0.0169 e. The Hall–Kier alpha value is -1.04. The highest BCUT2D eigenvalue weighted by molar-refractivity contribution is 5.03. The second kappa shape index (κ2) is 12.0. The maximum absolute atomic E-state index is 3.72. The number of rotatable bonds is 7. The molecule has 0 aliphatic rings. The van der Waals surface area contributed by atoms with Crippen LogP contribution in [0.3, 0.4) is 0 Å². The van der Waals surface area contributed by atoms with Crippen molar-refractivity contribution in [3.63, 3.8) is 0 Å². The molecule has 0 fully saturated rings. The minimum atomic E-state index is 0.869. The Morgan fingerprint density at radius 2 is 1.57 bits per heavy atom. The normalized spacial score (nSPS) is 13.0. The zero-order valence-electron chi connectivity index (χ0n) is 9.15. The minimum Gasteiger partial charge on any atom is -0.0914 e. The van der Waals surface area contributed by atoms with Gasteiger partial charge in [0.25, 0.3) is 0 Å². The fourth-order valence-corrected chi connectivity index (χ4v) is 0.971. The van der Waals surface area contributed by atoms with Crippen LogP contribution < -0.4 is 0 Å². The van der Waals surface area contributed by atoms with E-state index in [-0.39, 0.29) is 0 Å². The first-order valence-corrected chi connectivity index (χ1v) is 5.29. The summed E-state index contributed by atoms with van der Waals surface area (Å²) in [5.74, 6) is 0.